The number of carbonyl (C=O) groups excluding carboxylic acids is 2. The number of nitrogens with zero attached hydrogens (tertiary/aromatic N) is 3. The lowest BCUT2D eigenvalue weighted by molar-refractivity contribution is -0.132. The molecule has 1 saturated heterocycles. The normalized spacial score (nSPS) is 16.5. The van der Waals surface area contributed by atoms with Gasteiger partial charge in [-0.1, -0.05) is 95.4 Å². The van der Waals surface area contributed by atoms with Gasteiger partial charge in [-0.05, 0) is 59.5 Å². The number of hydrogen-bond acceptors (Lipinski definition) is 8. The molecule has 0 aliphatic carbocycles. The molecule has 5 aromatic rings. The first kappa shape index (κ1) is 26.7. The SMILES string of the molecule is Cc1ccc(C)c(C(O)=C2C(=O)C(=O)N(c3nnc(SCc4cccc5ccccc45)s3)C2c2ccc(O)cc2)c1. The van der Waals surface area contributed by atoms with E-state index in [1.54, 1.807) is 18.2 Å². The third-order valence-corrected chi connectivity index (χ3v) is 9.24. The Balaban J connectivity index is 1.38. The maximum Gasteiger partial charge on any atom is 0.301 e. The lowest BCUT2D eigenvalue weighted by atomic mass is 9.93. The highest BCUT2D eigenvalue weighted by Crippen LogP contribution is 2.44. The molecule has 0 radical (unpaired) electrons. The van der Waals surface area contributed by atoms with E-state index in [0.717, 1.165) is 27.5 Å². The number of aliphatic hydroxyl groups is 1. The summed E-state index contributed by atoms with van der Waals surface area (Å²) in [4.78, 5) is 28.3. The molecule has 204 valence electrons. The monoisotopic (exact) mass is 579 g/mol. The van der Waals surface area contributed by atoms with E-state index >= 15 is 0 Å². The molecule has 1 unspecified atom stereocenters. The predicted molar refractivity (Wildman–Crippen MR) is 162 cm³/mol. The molecule has 9 heteroatoms. The van der Waals surface area contributed by atoms with E-state index in [0.29, 0.717) is 21.2 Å². The maximum atomic E-state index is 13.5. The topological polar surface area (TPSA) is 104 Å². The van der Waals surface area contributed by atoms with Crippen LogP contribution in [0.3, 0.4) is 0 Å². The first-order valence-electron chi connectivity index (χ1n) is 12.9. The molecule has 1 amide bonds. The Labute approximate surface area is 244 Å². The first-order valence-corrected chi connectivity index (χ1v) is 14.7. The molecule has 1 aliphatic rings. The fourth-order valence-electron chi connectivity index (χ4n) is 5.05. The van der Waals surface area contributed by atoms with E-state index in [1.165, 1.54) is 40.1 Å². The van der Waals surface area contributed by atoms with E-state index in [9.17, 15) is 19.8 Å². The first-order chi connectivity index (χ1) is 19.8. The number of phenolic OH excluding ortho intramolecular Hbond substituents is 1. The van der Waals surface area contributed by atoms with Crippen molar-refractivity contribution in [3.63, 3.8) is 0 Å². The largest absolute Gasteiger partial charge is 0.508 e. The van der Waals surface area contributed by atoms with Crippen LogP contribution < -0.4 is 4.90 Å². The second-order valence-corrected chi connectivity index (χ2v) is 12.0. The number of aromatic nitrogens is 2. The summed E-state index contributed by atoms with van der Waals surface area (Å²) < 4.78 is 0.647. The highest BCUT2D eigenvalue weighted by Gasteiger charge is 2.48. The van der Waals surface area contributed by atoms with Gasteiger partial charge in [0.05, 0.1) is 11.6 Å². The molecule has 4 aromatic carbocycles. The van der Waals surface area contributed by atoms with Crippen molar-refractivity contribution in [3.8, 4) is 5.75 Å². The molecule has 1 aromatic heterocycles. The molecule has 0 bridgehead atoms. The Bertz CT molecular complexity index is 1840. The third-order valence-electron chi connectivity index (χ3n) is 7.13. The summed E-state index contributed by atoms with van der Waals surface area (Å²) in [5.41, 5.74) is 3.83. The predicted octanol–water partition coefficient (Wildman–Crippen LogP) is 6.93. The lowest BCUT2D eigenvalue weighted by Gasteiger charge is -2.22. The number of aryl methyl sites for hydroxylation is 2. The van der Waals surface area contributed by atoms with Gasteiger partial charge in [-0.3, -0.25) is 14.5 Å². The number of fused-ring (bicyclic) bond motifs is 1. The van der Waals surface area contributed by atoms with Gasteiger partial charge in [0.2, 0.25) is 5.13 Å². The number of phenols is 1. The molecule has 0 saturated carbocycles. The number of benzene rings is 4. The smallest absolute Gasteiger partial charge is 0.301 e. The number of ketones is 1. The summed E-state index contributed by atoms with van der Waals surface area (Å²) in [6, 6.07) is 25.2. The number of rotatable bonds is 6. The van der Waals surface area contributed by atoms with Crippen molar-refractivity contribution in [2.45, 2.75) is 30.0 Å². The van der Waals surface area contributed by atoms with Crippen molar-refractivity contribution in [1.82, 2.24) is 10.2 Å². The second kappa shape index (κ2) is 10.8. The highest BCUT2D eigenvalue weighted by atomic mass is 32.2. The van der Waals surface area contributed by atoms with E-state index in [2.05, 4.69) is 34.5 Å². The van der Waals surface area contributed by atoms with E-state index in [4.69, 9.17) is 0 Å². The van der Waals surface area contributed by atoms with Gasteiger partial charge in [0.25, 0.3) is 5.78 Å². The Hall–Kier alpha value is -4.47. The minimum Gasteiger partial charge on any atom is -0.508 e. The van der Waals surface area contributed by atoms with Crippen LogP contribution in [0.4, 0.5) is 5.13 Å². The minimum absolute atomic E-state index is 0.0328. The summed E-state index contributed by atoms with van der Waals surface area (Å²) >= 11 is 2.72. The molecule has 1 fully saturated rings. The van der Waals surface area contributed by atoms with Crippen molar-refractivity contribution in [1.29, 1.82) is 0 Å². The number of aromatic hydroxyl groups is 1. The summed E-state index contributed by atoms with van der Waals surface area (Å²) in [5, 5.41) is 32.5. The Morgan fingerprint density at radius 2 is 1.71 bits per heavy atom. The summed E-state index contributed by atoms with van der Waals surface area (Å²) in [7, 11) is 0. The molecule has 1 atom stereocenters. The third kappa shape index (κ3) is 4.98. The summed E-state index contributed by atoms with van der Waals surface area (Å²) in [5.74, 6) is -1.15. The Kier molecular flexibility index (Phi) is 7.07. The van der Waals surface area contributed by atoms with Crippen LogP contribution in [-0.4, -0.2) is 32.1 Å². The van der Waals surface area contributed by atoms with Gasteiger partial charge in [-0.25, -0.2) is 0 Å². The quantitative estimate of drug-likeness (QED) is 0.0739. The number of aliphatic hydroxyl groups excluding tert-OH is 1. The fraction of sp³-hybridized carbons (Fsp3) is 0.125. The number of hydrogen-bond donors (Lipinski definition) is 2. The Morgan fingerprint density at radius 1 is 0.951 bits per heavy atom. The number of anilines is 1. The van der Waals surface area contributed by atoms with E-state index in [-0.39, 0.29) is 22.2 Å². The summed E-state index contributed by atoms with van der Waals surface area (Å²) in [6.07, 6.45) is 0. The summed E-state index contributed by atoms with van der Waals surface area (Å²) in [6.45, 7) is 3.73. The van der Waals surface area contributed by atoms with Gasteiger partial charge in [-0.2, -0.15) is 0 Å². The van der Waals surface area contributed by atoms with Crippen LogP contribution in [-0.2, 0) is 15.3 Å². The highest BCUT2D eigenvalue weighted by molar-refractivity contribution is 8.00. The Morgan fingerprint density at radius 3 is 2.51 bits per heavy atom. The molecule has 41 heavy (non-hydrogen) atoms. The molecule has 2 N–H and O–H groups in total. The average molecular weight is 580 g/mol. The fourth-order valence-corrected chi connectivity index (χ4v) is 6.93. The zero-order chi connectivity index (χ0) is 28.7. The van der Waals surface area contributed by atoms with Crippen molar-refractivity contribution < 1.29 is 19.8 Å². The van der Waals surface area contributed by atoms with Gasteiger partial charge in [0, 0.05) is 11.3 Å². The van der Waals surface area contributed by atoms with Crippen LogP contribution in [0.1, 0.15) is 33.9 Å². The molecule has 0 spiro atoms. The molecule has 1 aliphatic heterocycles. The molecule has 2 heterocycles. The van der Waals surface area contributed by atoms with Crippen LogP contribution in [0.5, 0.6) is 5.75 Å². The van der Waals surface area contributed by atoms with Gasteiger partial charge < -0.3 is 10.2 Å². The lowest BCUT2D eigenvalue weighted by Crippen LogP contribution is -2.29. The molecule has 7 nitrogen and oxygen atoms in total. The van der Waals surface area contributed by atoms with E-state index < -0.39 is 17.7 Å². The number of thioether (sulfide) groups is 1. The maximum absolute atomic E-state index is 13.5. The van der Waals surface area contributed by atoms with Crippen molar-refractivity contribution >= 4 is 56.5 Å². The van der Waals surface area contributed by atoms with Crippen molar-refractivity contribution in [2.24, 2.45) is 0 Å². The van der Waals surface area contributed by atoms with Gasteiger partial charge in [0.1, 0.15) is 11.5 Å². The standard InChI is InChI=1S/C32H25N3O4S2/c1-18-10-11-19(2)25(16-18)28(37)26-27(21-12-14-23(36)15-13-21)35(30(39)29(26)38)31-33-34-32(41-31)40-17-22-8-5-7-20-6-3-4-9-24(20)22/h3-16,27,36-37H,17H2,1-2H3. The average Bonchev–Trinajstić information content (AvgIpc) is 3.55. The molecular formula is C32H25N3O4S2. The van der Waals surface area contributed by atoms with Gasteiger partial charge >= 0.3 is 5.91 Å². The van der Waals surface area contributed by atoms with Crippen LogP contribution >= 0.6 is 23.1 Å². The zero-order valence-electron chi connectivity index (χ0n) is 22.2. The van der Waals surface area contributed by atoms with Crippen LogP contribution in [0, 0.1) is 13.8 Å². The van der Waals surface area contributed by atoms with Gasteiger partial charge in [0.15, 0.2) is 4.34 Å². The molecular weight excluding hydrogens is 555 g/mol. The zero-order valence-corrected chi connectivity index (χ0v) is 23.9. The van der Waals surface area contributed by atoms with Crippen LogP contribution in [0.2, 0.25) is 0 Å². The van der Waals surface area contributed by atoms with Gasteiger partial charge in [-0.15, -0.1) is 10.2 Å². The van der Waals surface area contributed by atoms with Crippen molar-refractivity contribution in [3.05, 3.63) is 118 Å². The van der Waals surface area contributed by atoms with Crippen molar-refractivity contribution in [2.75, 3.05) is 4.90 Å². The van der Waals surface area contributed by atoms with Crippen LogP contribution in [0.15, 0.2) is 94.8 Å². The molecule has 6 rings (SSSR count). The minimum atomic E-state index is -0.945. The second-order valence-electron chi connectivity index (χ2n) is 9.86. The number of amides is 1. The number of carbonyl (C=O) groups is 2. The van der Waals surface area contributed by atoms with Crippen LogP contribution in [0.25, 0.3) is 16.5 Å². The van der Waals surface area contributed by atoms with E-state index in [1.807, 2.05) is 44.2 Å². The number of Topliss-reactive ketones (excluding diaryl/α,β-unsaturated/α-hetero) is 1.